The Morgan fingerprint density at radius 1 is 1.42 bits per heavy atom. The van der Waals surface area contributed by atoms with Crippen molar-refractivity contribution < 1.29 is 0 Å². The van der Waals surface area contributed by atoms with E-state index < -0.39 is 0 Å². The van der Waals surface area contributed by atoms with Gasteiger partial charge in [0.2, 0.25) is 0 Å². The van der Waals surface area contributed by atoms with Crippen molar-refractivity contribution in [3.05, 3.63) is 28.2 Å². The van der Waals surface area contributed by atoms with E-state index in [2.05, 4.69) is 46.0 Å². The molecule has 1 aliphatic rings. The molecule has 2 rings (SSSR count). The minimum atomic E-state index is 0.0955. The smallest absolute Gasteiger partial charge is 0.0513 e. The highest BCUT2D eigenvalue weighted by atomic mass is 79.9. The molecule has 2 atom stereocenters. The monoisotopic (exact) mass is 324 g/mol. The third-order valence-corrected chi connectivity index (χ3v) is 4.69. The zero-order valence-corrected chi connectivity index (χ0v) is 13.6. The van der Waals surface area contributed by atoms with E-state index in [1.54, 1.807) is 0 Å². The number of nitrogens with two attached hydrogens (primary N) is 1. The fraction of sp³-hybridized carbons (Fsp3) is 0.625. The van der Waals surface area contributed by atoms with Gasteiger partial charge in [-0.2, -0.15) is 0 Å². The number of halogens is 1. The highest BCUT2D eigenvalue weighted by Crippen LogP contribution is 2.34. The van der Waals surface area contributed by atoms with Gasteiger partial charge in [-0.1, -0.05) is 19.4 Å². The molecule has 1 aromatic carbocycles. The van der Waals surface area contributed by atoms with Crippen LogP contribution in [0.2, 0.25) is 0 Å². The molecule has 1 aliphatic heterocycles. The number of rotatable bonds is 4. The largest absolute Gasteiger partial charge is 0.368 e. The molecular weight excluding hydrogens is 300 g/mol. The minimum Gasteiger partial charge on any atom is -0.368 e. The summed E-state index contributed by atoms with van der Waals surface area (Å²) in [5.74, 6) is 0. The summed E-state index contributed by atoms with van der Waals surface area (Å²) in [5, 5.41) is 0. The van der Waals surface area contributed by atoms with Crippen LogP contribution in [0.5, 0.6) is 0 Å². The Hall–Kier alpha value is -0.540. The van der Waals surface area contributed by atoms with Gasteiger partial charge in [-0.05, 0) is 66.2 Å². The first-order chi connectivity index (χ1) is 9.13. The van der Waals surface area contributed by atoms with Gasteiger partial charge in [-0.25, -0.2) is 0 Å². The first-order valence-electron chi connectivity index (χ1n) is 7.45. The maximum atomic E-state index is 5.95. The van der Waals surface area contributed by atoms with Gasteiger partial charge in [-0.15, -0.1) is 0 Å². The SMILES string of the molecule is CCCC1CCCCN1c1ccc([C@H](C)N)cc1Br. The molecule has 1 aromatic rings. The molecule has 0 bridgehead atoms. The van der Waals surface area contributed by atoms with Crippen molar-refractivity contribution in [2.75, 3.05) is 11.4 Å². The number of hydrogen-bond acceptors (Lipinski definition) is 2. The van der Waals surface area contributed by atoms with Gasteiger partial charge >= 0.3 is 0 Å². The molecule has 1 saturated heterocycles. The lowest BCUT2D eigenvalue weighted by Gasteiger charge is -2.38. The predicted molar refractivity (Wildman–Crippen MR) is 86.6 cm³/mol. The van der Waals surface area contributed by atoms with Gasteiger partial charge in [0.1, 0.15) is 0 Å². The summed E-state index contributed by atoms with van der Waals surface area (Å²) in [7, 11) is 0. The molecule has 2 nitrogen and oxygen atoms in total. The highest BCUT2D eigenvalue weighted by Gasteiger charge is 2.23. The van der Waals surface area contributed by atoms with Crippen molar-refractivity contribution in [1.29, 1.82) is 0 Å². The average Bonchev–Trinajstić information content (AvgIpc) is 2.40. The van der Waals surface area contributed by atoms with E-state index in [9.17, 15) is 0 Å². The van der Waals surface area contributed by atoms with E-state index in [4.69, 9.17) is 5.73 Å². The Bertz CT molecular complexity index is 415. The van der Waals surface area contributed by atoms with E-state index in [-0.39, 0.29) is 6.04 Å². The fourth-order valence-electron chi connectivity index (χ4n) is 2.99. The van der Waals surface area contributed by atoms with Crippen LogP contribution < -0.4 is 10.6 Å². The molecule has 0 spiro atoms. The third-order valence-electron chi connectivity index (χ3n) is 4.06. The molecule has 1 unspecified atom stereocenters. The normalized spacial score (nSPS) is 21.5. The van der Waals surface area contributed by atoms with E-state index in [0.29, 0.717) is 6.04 Å². The molecule has 0 aromatic heterocycles. The van der Waals surface area contributed by atoms with Crippen molar-refractivity contribution in [1.82, 2.24) is 0 Å². The Morgan fingerprint density at radius 3 is 2.84 bits per heavy atom. The van der Waals surface area contributed by atoms with Crippen LogP contribution in [-0.2, 0) is 0 Å². The van der Waals surface area contributed by atoms with Crippen molar-refractivity contribution in [3.63, 3.8) is 0 Å². The summed E-state index contributed by atoms with van der Waals surface area (Å²) in [5.41, 5.74) is 8.48. The van der Waals surface area contributed by atoms with Gasteiger partial charge in [0, 0.05) is 23.1 Å². The maximum Gasteiger partial charge on any atom is 0.0513 e. The number of anilines is 1. The molecule has 3 heteroatoms. The first-order valence-corrected chi connectivity index (χ1v) is 8.24. The second-order valence-electron chi connectivity index (χ2n) is 5.63. The zero-order valence-electron chi connectivity index (χ0n) is 12.0. The quantitative estimate of drug-likeness (QED) is 0.875. The van der Waals surface area contributed by atoms with Crippen LogP contribution in [0.3, 0.4) is 0 Å². The van der Waals surface area contributed by atoms with Gasteiger partial charge < -0.3 is 10.6 Å². The molecule has 2 N–H and O–H groups in total. The van der Waals surface area contributed by atoms with E-state index in [1.165, 1.54) is 54.4 Å². The minimum absolute atomic E-state index is 0.0955. The zero-order chi connectivity index (χ0) is 13.8. The lowest BCUT2D eigenvalue weighted by molar-refractivity contribution is 0.434. The number of piperidine rings is 1. The van der Waals surface area contributed by atoms with Crippen molar-refractivity contribution in [2.45, 2.75) is 58.0 Å². The summed E-state index contributed by atoms with van der Waals surface area (Å²) in [4.78, 5) is 2.59. The van der Waals surface area contributed by atoms with Crippen molar-refractivity contribution in [2.24, 2.45) is 5.73 Å². The molecule has 19 heavy (non-hydrogen) atoms. The summed E-state index contributed by atoms with van der Waals surface area (Å²) in [6, 6.07) is 7.38. The number of benzene rings is 1. The molecule has 1 heterocycles. The Kier molecular flexibility index (Phi) is 5.28. The van der Waals surface area contributed by atoms with Crippen LogP contribution >= 0.6 is 15.9 Å². The molecule has 0 radical (unpaired) electrons. The highest BCUT2D eigenvalue weighted by molar-refractivity contribution is 9.10. The summed E-state index contributed by atoms with van der Waals surface area (Å²) >= 11 is 3.73. The average molecular weight is 325 g/mol. The second kappa shape index (κ2) is 6.76. The van der Waals surface area contributed by atoms with E-state index >= 15 is 0 Å². The Morgan fingerprint density at radius 2 is 2.21 bits per heavy atom. The van der Waals surface area contributed by atoms with Gasteiger partial charge in [-0.3, -0.25) is 0 Å². The standard InChI is InChI=1S/C16H25BrN2/c1-3-6-14-7-4-5-10-19(14)16-9-8-13(12(2)18)11-15(16)17/h8-9,11-12,14H,3-7,10,18H2,1-2H3/t12-,14?/m0/s1. The lowest BCUT2D eigenvalue weighted by atomic mass is 9.97. The van der Waals surface area contributed by atoms with Crippen LogP contribution in [0.25, 0.3) is 0 Å². The number of hydrogen-bond donors (Lipinski definition) is 1. The molecule has 0 aliphatic carbocycles. The molecule has 0 amide bonds. The van der Waals surface area contributed by atoms with Crippen LogP contribution in [0.15, 0.2) is 22.7 Å². The van der Waals surface area contributed by atoms with Gasteiger partial charge in [0.25, 0.3) is 0 Å². The molecular formula is C16H25BrN2. The molecule has 1 fully saturated rings. The van der Waals surface area contributed by atoms with E-state index in [1.807, 2.05) is 6.92 Å². The number of nitrogens with zero attached hydrogens (tertiary/aromatic N) is 1. The molecule has 0 saturated carbocycles. The van der Waals surface area contributed by atoms with Crippen molar-refractivity contribution in [3.8, 4) is 0 Å². The van der Waals surface area contributed by atoms with Crippen LogP contribution in [0.1, 0.15) is 57.6 Å². The fourth-order valence-corrected chi connectivity index (χ4v) is 3.61. The summed E-state index contributed by atoms with van der Waals surface area (Å²) in [6.07, 6.45) is 6.56. The summed E-state index contributed by atoms with van der Waals surface area (Å²) < 4.78 is 1.19. The van der Waals surface area contributed by atoms with Crippen LogP contribution in [0, 0.1) is 0 Å². The maximum absolute atomic E-state index is 5.95. The van der Waals surface area contributed by atoms with Gasteiger partial charge in [0.05, 0.1) is 5.69 Å². The van der Waals surface area contributed by atoms with E-state index in [0.717, 1.165) is 0 Å². The van der Waals surface area contributed by atoms with Gasteiger partial charge in [0.15, 0.2) is 0 Å². The molecule has 106 valence electrons. The Balaban J connectivity index is 2.23. The second-order valence-corrected chi connectivity index (χ2v) is 6.49. The first kappa shape index (κ1) is 14.9. The van der Waals surface area contributed by atoms with Crippen molar-refractivity contribution >= 4 is 21.6 Å². The third kappa shape index (κ3) is 3.51. The Labute approximate surface area is 125 Å². The topological polar surface area (TPSA) is 29.3 Å². The van der Waals surface area contributed by atoms with Crippen LogP contribution in [0.4, 0.5) is 5.69 Å². The predicted octanol–water partition coefficient (Wildman–Crippen LogP) is 4.63. The summed E-state index contributed by atoms with van der Waals surface area (Å²) in [6.45, 7) is 5.49. The van der Waals surface area contributed by atoms with Crippen LogP contribution in [-0.4, -0.2) is 12.6 Å². The lowest BCUT2D eigenvalue weighted by Crippen LogP contribution is -2.39.